The monoisotopic (exact) mass is 467 g/mol. The lowest BCUT2D eigenvalue weighted by molar-refractivity contribution is -0.274. The molecule has 12 heteroatoms. The topological polar surface area (TPSA) is 73.1 Å². The van der Waals surface area contributed by atoms with Crippen LogP contribution in [-0.2, 0) is 11.3 Å². The molecule has 1 aliphatic carbocycles. The Morgan fingerprint density at radius 2 is 1.88 bits per heavy atom. The molecule has 168 valence electrons. The minimum absolute atomic E-state index is 0.0284. The van der Waals surface area contributed by atoms with E-state index in [4.69, 9.17) is 0 Å². The van der Waals surface area contributed by atoms with Gasteiger partial charge in [-0.25, -0.2) is 4.39 Å². The van der Waals surface area contributed by atoms with Crippen LogP contribution in [0.4, 0.5) is 17.6 Å². The van der Waals surface area contributed by atoms with Gasteiger partial charge in [-0.15, -0.1) is 18.3 Å². The number of benzene rings is 2. The van der Waals surface area contributed by atoms with Crippen molar-refractivity contribution in [2.75, 3.05) is 5.75 Å². The third-order valence-electron chi connectivity index (χ3n) is 4.69. The van der Waals surface area contributed by atoms with Crippen LogP contribution in [0.3, 0.4) is 0 Å². The molecule has 1 amide bonds. The van der Waals surface area contributed by atoms with Crippen molar-refractivity contribution < 1.29 is 27.1 Å². The Morgan fingerprint density at radius 1 is 1.16 bits per heavy atom. The van der Waals surface area contributed by atoms with E-state index in [1.165, 1.54) is 22.9 Å². The van der Waals surface area contributed by atoms with Gasteiger partial charge in [0.05, 0.1) is 11.4 Å². The molecule has 1 saturated carbocycles. The molecule has 1 fully saturated rings. The number of ether oxygens (including phenoxy) is 1. The van der Waals surface area contributed by atoms with Crippen LogP contribution in [0.5, 0.6) is 5.75 Å². The summed E-state index contributed by atoms with van der Waals surface area (Å²) in [5, 5.41) is 11.6. The van der Waals surface area contributed by atoms with Crippen molar-refractivity contribution in [3.05, 3.63) is 59.9 Å². The molecule has 3 aromatic rings. The van der Waals surface area contributed by atoms with E-state index in [2.05, 4.69) is 20.3 Å². The molecule has 0 radical (unpaired) electrons. The molecular weight excluding hydrogens is 450 g/mol. The van der Waals surface area contributed by atoms with Gasteiger partial charge in [0.15, 0.2) is 0 Å². The van der Waals surface area contributed by atoms with Crippen molar-refractivity contribution in [2.24, 2.45) is 0 Å². The third-order valence-corrected chi connectivity index (χ3v) is 5.59. The molecule has 0 saturated heterocycles. The van der Waals surface area contributed by atoms with E-state index in [1.807, 2.05) is 0 Å². The van der Waals surface area contributed by atoms with E-state index in [-0.39, 0.29) is 35.8 Å². The van der Waals surface area contributed by atoms with E-state index in [1.54, 1.807) is 23.1 Å². The molecule has 0 atom stereocenters. The zero-order valence-electron chi connectivity index (χ0n) is 16.5. The molecule has 4 rings (SSSR count). The van der Waals surface area contributed by atoms with Crippen LogP contribution in [-0.4, -0.2) is 49.2 Å². The van der Waals surface area contributed by atoms with Crippen LogP contribution in [0.2, 0.25) is 0 Å². The van der Waals surface area contributed by atoms with Gasteiger partial charge in [0.1, 0.15) is 11.6 Å². The van der Waals surface area contributed by atoms with Gasteiger partial charge in [0.2, 0.25) is 11.1 Å². The first-order chi connectivity index (χ1) is 15.3. The fraction of sp³-hybridized carbons (Fsp3) is 0.300. The molecule has 1 aliphatic rings. The summed E-state index contributed by atoms with van der Waals surface area (Å²) >= 11 is 1.09. The van der Waals surface area contributed by atoms with Crippen molar-refractivity contribution in [2.45, 2.75) is 36.9 Å². The van der Waals surface area contributed by atoms with Crippen molar-refractivity contribution in [1.29, 1.82) is 0 Å². The Kier molecular flexibility index (Phi) is 6.31. The largest absolute Gasteiger partial charge is 0.573 e. The van der Waals surface area contributed by atoms with Gasteiger partial charge >= 0.3 is 6.36 Å². The number of rotatable bonds is 8. The molecule has 0 spiro atoms. The molecule has 2 aromatic carbocycles. The second kappa shape index (κ2) is 9.15. The summed E-state index contributed by atoms with van der Waals surface area (Å²) in [5.41, 5.74) is 0.855. The predicted octanol–water partition coefficient (Wildman–Crippen LogP) is 3.98. The number of halogens is 4. The Hall–Kier alpha value is -3.15. The maximum Gasteiger partial charge on any atom is 0.573 e. The second-order valence-electron chi connectivity index (χ2n) is 7.05. The Balaban J connectivity index is 1.41. The van der Waals surface area contributed by atoms with Crippen molar-refractivity contribution in [3.8, 4) is 11.4 Å². The van der Waals surface area contributed by atoms with E-state index >= 15 is 0 Å². The highest BCUT2D eigenvalue weighted by Crippen LogP contribution is 2.30. The van der Waals surface area contributed by atoms with Crippen LogP contribution in [0.25, 0.3) is 5.69 Å². The second-order valence-corrected chi connectivity index (χ2v) is 7.99. The van der Waals surface area contributed by atoms with Crippen LogP contribution < -0.4 is 4.74 Å². The first kappa shape index (κ1) is 22.1. The summed E-state index contributed by atoms with van der Waals surface area (Å²) in [6.07, 6.45) is -3.04. The Labute approximate surface area is 184 Å². The van der Waals surface area contributed by atoms with Gasteiger partial charge in [-0.3, -0.25) is 4.79 Å². The average Bonchev–Trinajstić information content (AvgIpc) is 3.48. The molecule has 1 aromatic heterocycles. The number of aromatic nitrogens is 4. The standard InChI is InChI=1S/C20H17F4N5O2S/c21-17-4-2-1-3-13(17)11-28(14-5-6-14)18(30)12-32-19-25-26-27-29(19)15-7-9-16(10-8-15)31-20(22,23)24/h1-4,7-10,14H,5-6,11-12H2. The smallest absolute Gasteiger partial charge is 0.406 e. The zero-order chi connectivity index (χ0) is 22.7. The highest BCUT2D eigenvalue weighted by Gasteiger charge is 2.33. The summed E-state index contributed by atoms with van der Waals surface area (Å²) in [7, 11) is 0. The molecule has 0 unspecified atom stereocenters. The fourth-order valence-electron chi connectivity index (χ4n) is 3.05. The molecular formula is C20H17F4N5O2S. The number of amides is 1. The maximum atomic E-state index is 14.0. The number of hydrogen-bond acceptors (Lipinski definition) is 6. The molecule has 32 heavy (non-hydrogen) atoms. The van der Waals surface area contributed by atoms with Gasteiger partial charge in [-0.1, -0.05) is 30.0 Å². The summed E-state index contributed by atoms with van der Waals surface area (Å²) in [4.78, 5) is 14.5. The van der Waals surface area contributed by atoms with Crippen LogP contribution in [0, 0.1) is 5.82 Å². The predicted molar refractivity (Wildman–Crippen MR) is 107 cm³/mol. The lowest BCUT2D eigenvalue weighted by Gasteiger charge is -2.22. The van der Waals surface area contributed by atoms with E-state index in [0.717, 1.165) is 36.7 Å². The summed E-state index contributed by atoms with van der Waals surface area (Å²) < 4.78 is 56.2. The van der Waals surface area contributed by atoms with Crippen molar-refractivity contribution in [3.63, 3.8) is 0 Å². The first-order valence-corrected chi connectivity index (χ1v) is 10.6. The van der Waals surface area contributed by atoms with Crippen LogP contribution in [0.15, 0.2) is 53.7 Å². The highest BCUT2D eigenvalue weighted by molar-refractivity contribution is 7.99. The van der Waals surface area contributed by atoms with Crippen LogP contribution >= 0.6 is 11.8 Å². The highest BCUT2D eigenvalue weighted by atomic mass is 32.2. The summed E-state index contributed by atoms with van der Waals surface area (Å²) in [6.45, 7) is 0.183. The van der Waals surface area contributed by atoms with Gasteiger partial charge < -0.3 is 9.64 Å². The van der Waals surface area contributed by atoms with Crippen LogP contribution in [0.1, 0.15) is 18.4 Å². The van der Waals surface area contributed by atoms with E-state index in [9.17, 15) is 22.4 Å². The van der Waals surface area contributed by atoms with Gasteiger partial charge in [0, 0.05) is 18.2 Å². The number of carbonyl (C=O) groups is 1. The molecule has 1 heterocycles. The number of carbonyl (C=O) groups excluding carboxylic acids is 1. The molecule has 0 bridgehead atoms. The average molecular weight is 467 g/mol. The summed E-state index contributed by atoms with van der Waals surface area (Å²) in [6, 6.07) is 11.5. The lowest BCUT2D eigenvalue weighted by atomic mass is 10.2. The van der Waals surface area contributed by atoms with E-state index < -0.39 is 6.36 Å². The molecule has 7 nitrogen and oxygen atoms in total. The number of thioether (sulfide) groups is 1. The first-order valence-electron chi connectivity index (χ1n) is 9.60. The number of hydrogen-bond donors (Lipinski definition) is 0. The minimum Gasteiger partial charge on any atom is -0.406 e. The Morgan fingerprint density at radius 3 is 2.53 bits per heavy atom. The summed E-state index contributed by atoms with van der Waals surface area (Å²) in [5.74, 6) is -0.878. The fourth-order valence-corrected chi connectivity index (χ4v) is 3.82. The Bertz CT molecular complexity index is 1090. The maximum absolute atomic E-state index is 14.0. The number of tetrazole rings is 1. The minimum atomic E-state index is -4.78. The SMILES string of the molecule is O=C(CSc1nnnn1-c1ccc(OC(F)(F)F)cc1)N(Cc1ccccc1F)C1CC1. The molecule has 0 aliphatic heterocycles. The van der Waals surface area contributed by atoms with Gasteiger partial charge in [-0.2, -0.15) is 4.68 Å². The third kappa shape index (κ3) is 5.55. The quantitative estimate of drug-likeness (QED) is 0.369. The normalized spacial score (nSPS) is 13.8. The van der Waals surface area contributed by atoms with Crippen molar-refractivity contribution >= 4 is 17.7 Å². The van der Waals surface area contributed by atoms with Gasteiger partial charge in [0.25, 0.3) is 0 Å². The number of alkyl halides is 3. The van der Waals surface area contributed by atoms with Crippen molar-refractivity contribution in [1.82, 2.24) is 25.1 Å². The lowest BCUT2D eigenvalue weighted by Crippen LogP contribution is -2.34. The van der Waals surface area contributed by atoms with E-state index in [0.29, 0.717) is 16.4 Å². The zero-order valence-corrected chi connectivity index (χ0v) is 17.3. The number of nitrogens with zero attached hydrogens (tertiary/aromatic N) is 5. The van der Waals surface area contributed by atoms with Gasteiger partial charge in [-0.05, 0) is 53.6 Å². The molecule has 0 N–H and O–H groups in total.